The number of nitrogens with zero attached hydrogens (tertiary/aromatic N) is 1. The summed E-state index contributed by atoms with van der Waals surface area (Å²) in [7, 11) is 0. The predicted octanol–water partition coefficient (Wildman–Crippen LogP) is 2.43. The molecule has 0 radical (unpaired) electrons. The van der Waals surface area contributed by atoms with Crippen molar-refractivity contribution in [1.82, 2.24) is 15.5 Å². The minimum atomic E-state index is -0.212. The molecule has 2 rings (SSSR count). The number of piperidine rings is 1. The summed E-state index contributed by atoms with van der Waals surface area (Å²) >= 11 is 0. The maximum Gasteiger partial charge on any atom is 0.317 e. The van der Waals surface area contributed by atoms with Gasteiger partial charge in [0.05, 0.1) is 0 Å². The van der Waals surface area contributed by atoms with Crippen molar-refractivity contribution in [3.05, 3.63) is 12.2 Å². The van der Waals surface area contributed by atoms with Crippen molar-refractivity contribution in [3.8, 4) is 0 Å². The lowest BCUT2D eigenvalue weighted by Crippen LogP contribution is -2.53. The summed E-state index contributed by atoms with van der Waals surface area (Å²) in [5.74, 6) is 0.314. The second kappa shape index (κ2) is 7.16. The Hall–Kier alpha value is -1.52. The molecule has 3 amide bonds. The molecule has 0 aromatic carbocycles. The van der Waals surface area contributed by atoms with Crippen LogP contribution in [0.25, 0.3) is 0 Å². The maximum atomic E-state index is 12.2. The van der Waals surface area contributed by atoms with Gasteiger partial charge < -0.3 is 15.5 Å². The zero-order valence-electron chi connectivity index (χ0n) is 14.0. The molecule has 1 fully saturated rings. The van der Waals surface area contributed by atoms with Crippen LogP contribution in [0.5, 0.6) is 0 Å². The van der Waals surface area contributed by atoms with E-state index >= 15 is 0 Å². The lowest BCUT2D eigenvalue weighted by atomic mass is 9.93. The minimum absolute atomic E-state index is 0.00491. The SMILES string of the molecule is CC(C)(C)NC(=O)N1CCC(NC(=O)[C@H]2CC=CCC2)CC1. The Morgan fingerprint density at radius 2 is 1.77 bits per heavy atom. The summed E-state index contributed by atoms with van der Waals surface area (Å²) in [5.41, 5.74) is -0.212. The molecule has 1 heterocycles. The lowest BCUT2D eigenvalue weighted by molar-refractivity contribution is -0.126. The third-order valence-electron chi connectivity index (χ3n) is 4.25. The first-order chi connectivity index (χ1) is 10.3. The quantitative estimate of drug-likeness (QED) is 0.770. The smallest absolute Gasteiger partial charge is 0.317 e. The van der Waals surface area contributed by atoms with Gasteiger partial charge in [0.25, 0.3) is 0 Å². The van der Waals surface area contributed by atoms with Gasteiger partial charge in [0.2, 0.25) is 5.91 Å². The molecule has 124 valence electrons. The Morgan fingerprint density at radius 3 is 2.32 bits per heavy atom. The average molecular weight is 307 g/mol. The zero-order valence-corrected chi connectivity index (χ0v) is 14.0. The first-order valence-electron chi connectivity index (χ1n) is 8.37. The van der Waals surface area contributed by atoms with E-state index < -0.39 is 0 Å². The molecule has 22 heavy (non-hydrogen) atoms. The highest BCUT2D eigenvalue weighted by Crippen LogP contribution is 2.19. The molecule has 0 aromatic heterocycles. The summed E-state index contributed by atoms with van der Waals surface area (Å²) < 4.78 is 0. The Labute approximate surface area is 133 Å². The summed E-state index contributed by atoms with van der Waals surface area (Å²) in [6.07, 6.45) is 8.75. The highest BCUT2D eigenvalue weighted by atomic mass is 16.2. The van der Waals surface area contributed by atoms with Crippen LogP contribution >= 0.6 is 0 Å². The molecule has 0 saturated carbocycles. The number of nitrogens with one attached hydrogen (secondary N) is 2. The molecule has 1 aliphatic heterocycles. The number of carbonyl (C=O) groups excluding carboxylic acids is 2. The Balaban J connectivity index is 1.74. The van der Waals surface area contributed by atoms with Gasteiger partial charge in [-0.25, -0.2) is 4.79 Å². The normalized spacial score (nSPS) is 23.2. The van der Waals surface area contributed by atoms with E-state index in [0.29, 0.717) is 13.1 Å². The Kier molecular flexibility index (Phi) is 5.48. The first kappa shape index (κ1) is 16.8. The van der Waals surface area contributed by atoms with E-state index in [1.807, 2.05) is 25.7 Å². The van der Waals surface area contributed by atoms with Crippen molar-refractivity contribution in [1.29, 1.82) is 0 Å². The van der Waals surface area contributed by atoms with Gasteiger partial charge in [0.15, 0.2) is 0 Å². The predicted molar refractivity (Wildman–Crippen MR) is 87.5 cm³/mol. The number of hydrogen-bond acceptors (Lipinski definition) is 2. The third kappa shape index (κ3) is 5.04. The van der Waals surface area contributed by atoms with Crippen molar-refractivity contribution in [3.63, 3.8) is 0 Å². The van der Waals surface area contributed by atoms with Crippen LogP contribution in [-0.4, -0.2) is 41.5 Å². The first-order valence-corrected chi connectivity index (χ1v) is 8.37. The number of carbonyl (C=O) groups is 2. The van der Waals surface area contributed by atoms with E-state index in [-0.39, 0.29) is 29.4 Å². The van der Waals surface area contributed by atoms with Crippen LogP contribution in [0, 0.1) is 5.92 Å². The van der Waals surface area contributed by atoms with Gasteiger partial charge in [-0.2, -0.15) is 0 Å². The number of likely N-dealkylation sites (tertiary alicyclic amines) is 1. The summed E-state index contributed by atoms with van der Waals surface area (Å²) in [4.78, 5) is 26.2. The van der Waals surface area contributed by atoms with Crippen LogP contribution < -0.4 is 10.6 Å². The van der Waals surface area contributed by atoms with Crippen molar-refractivity contribution in [2.75, 3.05) is 13.1 Å². The molecule has 0 aromatic rings. The highest BCUT2D eigenvalue weighted by Gasteiger charge is 2.27. The number of rotatable bonds is 2. The Bertz CT molecular complexity index is 432. The van der Waals surface area contributed by atoms with Gasteiger partial charge in [0, 0.05) is 30.6 Å². The van der Waals surface area contributed by atoms with Crippen molar-refractivity contribution in [2.45, 2.75) is 64.5 Å². The maximum absolute atomic E-state index is 12.2. The number of allylic oxidation sites excluding steroid dienone is 2. The Morgan fingerprint density at radius 1 is 1.09 bits per heavy atom. The van der Waals surface area contributed by atoms with Crippen LogP contribution in [0.1, 0.15) is 52.9 Å². The molecular weight excluding hydrogens is 278 g/mol. The van der Waals surface area contributed by atoms with Crippen molar-refractivity contribution in [2.24, 2.45) is 5.92 Å². The van der Waals surface area contributed by atoms with Gasteiger partial charge in [-0.1, -0.05) is 12.2 Å². The largest absolute Gasteiger partial charge is 0.353 e. The van der Waals surface area contributed by atoms with Crippen molar-refractivity contribution >= 4 is 11.9 Å². The van der Waals surface area contributed by atoms with E-state index in [1.165, 1.54) is 0 Å². The fourth-order valence-corrected chi connectivity index (χ4v) is 2.98. The van der Waals surface area contributed by atoms with Gasteiger partial charge >= 0.3 is 6.03 Å². The molecule has 0 spiro atoms. The number of urea groups is 1. The number of amides is 3. The minimum Gasteiger partial charge on any atom is -0.353 e. The number of hydrogen-bond donors (Lipinski definition) is 2. The van der Waals surface area contributed by atoms with Gasteiger partial charge in [-0.15, -0.1) is 0 Å². The van der Waals surface area contributed by atoms with Crippen LogP contribution in [0.2, 0.25) is 0 Å². The van der Waals surface area contributed by atoms with E-state index in [0.717, 1.165) is 32.1 Å². The second-order valence-electron chi connectivity index (χ2n) is 7.43. The van der Waals surface area contributed by atoms with E-state index in [1.54, 1.807) is 0 Å². The average Bonchev–Trinajstić information content (AvgIpc) is 2.47. The van der Waals surface area contributed by atoms with Crippen LogP contribution in [-0.2, 0) is 4.79 Å². The fraction of sp³-hybridized carbons (Fsp3) is 0.765. The van der Waals surface area contributed by atoms with Crippen LogP contribution in [0.4, 0.5) is 4.79 Å². The molecular formula is C17H29N3O2. The summed E-state index contributed by atoms with van der Waals surface area (Å²) in [6, 6.07) is 0.201. The molecule has 0 bridgehead atoms. The molecule has 1 aliphatic carbocycles. The molecule has 1 saturated heterocycles. The third-order valence-corrected chi connectivity index (χ3v) is 4.25. The highest BCUT2D eigenvalue weighted by molar-refractivity contribution is 5.79. The van der Waals surface area contributed by atoms with Gasteiger partial charge in [-0.3, -0.25) is 4.79 Å². The summed E-state index contributed by atoms with van der Waals surface area (Å²) in [5, 5.41) is 6.15. The topological polar surface area (TPSA) is 61.4 Å². The lowest BCUT2D eigenvalue weighted by Gasteiger charge is -2.35. The van der Waals surface area contributed by atoms with E-state index in [2.05, 4.69) is 22.8 Å². The molecule has 2 aliphatic rings. The van der Waals surface area contributed by atoms with Crippen LogP contribution in [0.3, 0.4) is 0 Å². The van der Waals surface area contributed by atoms with Crippen LogP contribution in [0.15, 0.2) is 12.2 Å². The zero-order chi connectivity index (χ0) is 16.2. The standard InChI is InChI=1S/C17H29N3O2/c1-17(2,3)19-16(22)20-11-9-14(10-12-20)18-15(21)13-7-5-4-6-8-13/h4-5,13-14H,6-12H2,1-3H3,(H,18,21)(H,19,22)/t13-/m0/s1. The molecule has 5 nitrogen and oxygen atoms in total. The van der Waals surface area contributed by atoms with E-state index in [4.69, 9.17) is 0 Å². The molecule has 5 heteroatoms. The molecule has 1 atom stereocenters. The summed E-state index contributed by atoms with van der Waals surface area (Å²) in [6.45, 7) is 7.36. The van der Waals surface area contributed by atoms with Gasteiger partial charge in [0.1, 0.15) is 0 Å². The second-order valence-corrected chi connectivity index (χ2v) is 7.43. The monoisotopic (exact) mass is 307 g/mol. The van der Waals surface area contributed by atoms with Gasteiger partial charge in [-0.05, 0) is 52.9 Å². The van der Waals surface area contributed by atoms with Crippen molar-refractivity contribution < 1.29 is 9.59 Å². The fourth-order valence-electron chi connectivity index (χ4n) is 2.98. The molecule has 2 N–H and O–H groups in total. The van der Waals surface area contributed by atoms with E-state index in [9.17, 15) is 9.59 Å². The molecule has 0 unspecified atom stereocenters.